The summed E-state index contributed by atoms with van der Waals surface area (Å²) in [5, 5.41) is 15.9. The van der Waals surface area contributed by atoms with E-state index >= 15 is 0 Å². The van der Waals surface area contributed by atoms with Crippen LogP contribution in [0.5, 0.6) is 0 Å². The van der Waals surface area contributed by atoms with Gasteiger partial charge in [-0.05, 0) is 71.9 Å². The number of benzene rings is 3. The Morgan fingerprint density at radius 2 is 1.62 bits per heavy atom. The van der Waals surface area contributed by atoms with Gasteiger partial charge in [0.05, 0.1) is 16.9 Å². The van der Waals surface area contributed by atoms with Crippen molar-refractivity contribution < 1.29 is 14.7 Å². The third kappa shape index (κ3) is 5.53. The zero-order valence-electron chi connectivity index (χ0n) is 21.0. The largest absolute Gasteiger partial charge is 0.478 e. The predicted molar refractivity (Wildman–Crippen MR) is 150 cm³/mol. The van der Waals surface area contributed by atoms with Gasteiger partial charge in [-0.15, -0.1) is 0 Å². The highest BCUT2D eigenvalue weighted by Gasteiger charge is 2.38. The SMILES string of the molecule is O=CN(c1cccc(/C=C/C(=O)O)c1)C1(Cc2ccc(-c3ccc4c(c3)NCCN4)cc2)CCCCC1. The summed E-state index contributed by atoms with van der Waals surface area (Å²) in [5.41, 5.74) is 7.08. The van der Waals surface area contributed by atoms with Crippen molar-refractivity contribution in [1.82, 2.24) is 0 Å². The molecule has 2 aliphatic rings. The molecule has 1 saturated carbocycles. The van der Waals surface area contributed by atoms with Crippen LogP contribution in [0.1, 0.15) is 43.2 Å². The monoisotopic (exact) mass is 495 g/mol. The Balaban J connectivity index is 1.41. The van der Waals surface area contributed by atoms with E-state index in [0.29, 0.717) is 0 Å². The number of anilines is 3. The van der Waals surface area contributed by atoms with Gasteiger partial charge in [0.2, 0.25) is 6.41 Å². The number of hydrogen-bond acceptors (Lipinski definition) is 4. The number of carboxylic acids is 1. The van der Waals surface area contributed by atoms with E-state index in [-0.39, 0.29) is 5.54 Å². The molecule has 1 heterocycles. The molecule has 3 N–H and O–H groups in total. The summed E-state index contributed by atoms with van der Waals surface area (Å²) in [6, 6.07) is 22.7. The molecule has 0 unspecified atom stereocenters. The number of hydrogen-bond donors (Lipinski definition) is 3. The second-order valence-electron chi connectivity index (χ2n) is 10.0. The van der Waals surface area contributed by atoms with Gasteiger partial charge in [-0.2, -0.15) is 0 Å². The maximum Gasteiger partial charge on any atom is 0.328 e. The average Bonchev–Trinajstić information content (AvgIpc) is 2.93. The van der Waals surface area contributed by atoms with Crippen LogP contribution in [0, 0.1) is 0 Å². The Labute approximate surface area is 218 Å². The van der Waals surface area contributed by atoms with Crippen molar-refractivity contribution in [1.29, 1.82) is 0 Å². The Kier molecular flexibility index (Phi) is 7.26. The summed E-state index contributed by atoms with van der Waals surface area (Å²) < 4.78 is 0. The summed E-state index contributed by atoms with van der Waals surface area (Å²) in [7, 11) is 0. The first-order valence-corrected chi connectivity index (χ1v) is 13.0. The smallest absolute Gasteiger partial charge is 0.328 e. The summed E-state index contributed by atoms with van der Waals surface area (Å²) >= 11 is 0. The van der Waals surface area contributed by atoms with Crippen LogP contribution in [0.25, 0.3) is 17.2 Å². The first-order chi connectivity index (χ1) is 18.1. The Morgan fingerprint density at radius 1 is 0.892 bits per heavy atom. The second kappa shape index (κ2) is 10.9. The number of nitrogens with zero attached hydrogens (tertiary/aromatic N) is 1. The minimum Gasteiger partial charge on any atom is -0.478 e. The van der Waals surface area contributed by atoms with Gasteiger partial charge < -0.3 is 20.6 Å². The van der Waals surface area contributed by atoms with Crippen LogP contribution < -0.4 is 15.5 Å². The van der Waals surface area contributed by atoms with Gasteiger partial charge in [-0.25, -0.2) is 4.79 Å². The van der Waals surface area contributed by atoms with Crippen LogP contribution in [-0.2, 0) is 16.0 Å². The van der Waals surface area contributed by atoms with Gasteiger partial charge in [0.25, 0.3) is 0 Å². The quantitative estimate of drug-likeness (QED) is 0.256. The first-order valence-electron chi connectivity index (χ1n) is 13.0. The molecule has 1 aliphatic carbocycles. The van der Waals surface area contributed by atoms with Crippen LogP contribution in [0.4, 0.5) is 17.1 Å². The highest BCUT2D eigenvalue weighted by Crippen LogP contribution is 2.39. The van der Waals surface area contributed by atoms with Crippen molar-refractivity contribution in [3.63, 3.8) is 0 Å². The summed E-state index contributed by atoms with van der Waals surface area (Å²) in [6.07, 6.45) is 9.62. The van der Waals surface area contributed by atoms with Crippen LogP contribution in [0.15, 0.2) is 72.8 Å². The molecule has 37 heavy (non-hydrogen) atoms. The van der Waals surface area contributed by atoms with Crippen molar-refractivity contribution in [3.8, 4) is 11.1 Å². The van der Waals surface area contributed by atoms with E-state index in [1.807, 2.05) is 29.2 Å². The molecule has 6 nitrogen and oxygen atoms in total. The molecule has 1 amide bonds. The molecule has 3 aromatic carbocycles. The number of rotatable bonds is 8. The van der Waals surface area contributed by atoms with Gasteiger partial charge in [0, 0.05) is 24.9 Å². The maximum atomic E-state index is 12.5. The fourth-order valence-electron chi connectivity index (χ4n) is 5.72. The Morgan fingerprint density at radius 3 is 2.35 bits per heavy atom. The molecule has 6 heteroatoms. The third-order valence-electron chi connectivity index (χ3n) is 7.56. The number of aliphatic carboxylic acids is 1. The Bertz CT molecular complexity index is 1290. The normalized spacial score (nSPS) is 16.3. The van der Waals surface area contributed by atoms with Crippen LogP contribution >= 0.6 is 0 Å². The van der Waals surface area contributed by atoms with Crippen molar-refractivity contribution >= 4 is 35.5 Å². The molecule has 0 spiro atoms. The molecule has 5 rings (SSSR count). The van der Waals surface area contributed by atoms with E-state index in [1.165, 1.54) is 23.1 Å². The number of carbonyl (C=O) groups excluding carboxylic acids is 1. The fourth-order valence-corrected chi connectivity index (χ4v) is 5.72. The Hall–Kier alpha value is -4.06. The first kappa shape index (κ1) is 24.6. The van der Waals surface area contributed by atoms with E-state index in [2.05, 4.69) is 53.1 Å². The molecule has 0 atom stereocenters. The molecule has 1 aliphatic heterocycles. The van der Waals surface area contributed by atoms with Crippen molar-refractivity contribution in [3.05, 3.63) is 83.9 Å². The maximum absolute atomic E-state index is 12.5. The van der Waals surface area contributed by atoms with E-state index in [9.17, 15) is 9.59 Å². The number of fused-ring (bicyclic) bond motifs is 1. The van der Waals surface area contributed by atoms with Crippen LogP contribution in [-0.4, -0.2) is 36.1 Å². The standard InChI is InChI=1S/C31H33N3O3/c35-22-34(27-6-4-5-23(19-27)9-14-30(36)37)31(15-2-1-3-16-31)21-24-7-10-25(11-8-24)26-12-13-28-29(20-26)33-18-17-32-28/h4-14,19-20,22,32-33H,1-3,15-18,21H2,(H,36,37)/b14-9+. The van der Waals surface area contributed by atoms with E-state index < -0.39 is 5.97 Å². The third-order valence-corrected chi connectivity index (χ3v) is 7.56. The van der Waals surface area contributed by atoms with Gasteiger partial charge in [0.15, 0.2) is 0 Å². The lowest BCUT2D eigenvalue weighted by Crippen LogP contribution is -2.51. The molecule has 3 aromatic rings. The van der Waals surface area contributed by atoms with E-state index in [1.54, 1.807) is 6.08 Å². The highest BCUT2D eigenvalue weighted by molar-refractivity contribution is 5.86. The van der Waals surface area contributed by atoms with Gasteiger partial charge in [-0.1, -0.05) is 61.7 Å². The molecular weight excluding hydrogens is 462 g/mol. The van der Waals surface area contributed by atoms with E-state index in [4.69, 9.17) is 5.11 Å². The summed E-state index contributed by atoms with van der Waals surface area (Å²) in [4.78, 5) is 25.4. The number of carboxylic acid groups (broad SMARTS) is 1. The van der Waals surface area contributed by atoms with Gasteiger partial charge in [0.1, 0.15) is 0 Å². The number of nitrogens with one attached hydrogen (secondary N) is 2. The molecule has 0 aromatic heterocycles. The minimum atomic E-state index is -0.992. The molecule has 0 bridgehead atoms. The van der Waals surface area contributed by atoms with Crippen molar-refractivity contribution in [2.24, 2.45) is 0 Å². The van der Waals surface area contributed by atoms with Crippen molar-refractivity contribution in [2.45, 2.75) is 44.1 Å². The fraction of sp³-hybridized carbons (Fsp3) is 0.290. The van der Waals surface area contributed by atoms with E-state index in [0.717, 1.165) is 80.3 Å². The average molecular weight is 496 g/mol. The predicted octanol–water partition coefficient (Wildman–Crippen LogP) is 6.20. The van der Waals surface area contributed by atoms with Crippen LogP contribution in [0.3, 0.4) is 0 Å². The van der Waals surface area contributed by atoms with Crippen molar-refractivity contribution in [2.75, 3.05) is 28.6 Å². The van der Waals surface area contributed by atoms with Gasteiger partial charge in [-0.3, -0.25) is 4.79 Å². The number of amides is 1. The zero-order valence-corrected chi connectivity index (χ0v) is 21.0. The second-order valence-corrected chi connectivity index (χ2v) is 10.0. The topological polar surface area (TPSA) is 81.7 Å². The number of carbonyl (C=O) groups is 2. The molecule has 1 fully saturated rings. The highest BCUT2D eigenvalue weighted by atomic mass is 16.4. The zero-order chi connectivity index (χ0) is 25.7. The van der Waals surface area contributed by atoms with Crippen LogP contribution in [0.2, 0.25) is 0 Å². The molecule has 190 valence electrons. The molecule has 0 saturated heterocycles. The summed E-state index contributed by atoms with van der Waals surface area (Å²) in [6.45, 7) is 1.85. The lowest BCUT2D eigenvalue weighted by molar-refractivity contribution is -0.131. The lowest BCUT2D eigenvalue weighted by atomic mass is 9.76. The lowest BCUT2D eigenvalue weighted by Gasteiger charge is -2.45. The summed E-state index contributed by atoms with van der Waals surface area (Å²) in [5.74, 6) is -0.992. The van der Waals surface area contributed by atoms with Gasteiger partial charge >= 0.3 is 5.97 Å². The molecule has 0 radical (unpaired) electrons. The molecular formula is C31H33N3O3. The minimum absolute atomic E-state index is 0.307.